The van der Waals surface area contributed by atoms with Gasteiger partial charge in [-0.3, -0.25) is 0 Å². The van der Waals surface area contributed by atoms with Crippen LogP contribution in [0, 0.1) is 6.92 Å². The first-order valence-corrected chi connectivity index (χ1v) is 7.84. The van der Waals surface area contributed by atoms with Crippen molar-refractivity contribution in [2.45, 2.75) is 38.6 Å². The van der Waals surface area contributed by atoms with E-state index in [1.807, 2.05) is 7.05 Å². The fourth-order valence-corrected chi connectivity index (χ4v) is 3.53. The summed E-state index contributed by atoms with van der Waals surface area (Å²) in [6, 6.07) is 7.36. The molecule has 0 radical (unpaired) electrons. The molecule has 0 aliphatic heterocycles. The first-order chi connectivity index (χ1) is 9.26. The van der Waals surface area contributed by atoms with Crippen molar-refractivity contribution >= 4 is 11.3 Å². The van der Waals surface area contributed by atoms with Crippen LogP contribution in [0.4, 0.5) is 0 Å². The van der Waals surface area contributed by atoms with Crippen molar-refractivity contribution in [1.82, 2.24) is 10.3 Å². The second-order valence-electron chi connectivity index (χ2n) is 5.28. The van der Waals surface area contributed by atoms with E-state index < -0.39 is 0 Å². The van der Waals surface area contributed by atoms with E-state index in [9.17, 15) is 0 Å². The lowest BCUT2D eigenvalue weighted by Gasteiger charge is -2.16. The molecule has 1 aromatic heterocycles. The van der Waals surface area contributed by atoms with Gasteiger partial charge in [-0.1, -0.05) is 18.2 Å². The van der Waals surface area contributed by atoms with Gasteiger partial charge in [0.15, 0.2) is 0 Å². The van der Waals surface area contributed by atoms with Gasteiger partial charge in [-0.05, 0) is 49.9 Å². The molecule has 19 heavy (non-hydrogen) atoms. The maximum atomic E-state index is 4.57. The molecule has 100 valence electrons. The molecule has 3 rings (SSSR count). The first kappa shape index (κ1) is 12.8. The molecule has 0 fully saturated rings. The molecule has 2 nitrogen and oxygen atoms in total. The van der Waals surface area contributed by atoms with Crippen LogP contribution in [0.5, 0.6) is 0 Å². The van der Waals surface area contributed by atoms with E-state index in [1.54, 1.807) is 22.5 Å². The highest BCUT2D eigenvalue weighted by atomic mass is 32.1. The topological polar surface area (TPSA) is 24.9 Å². The number of hydrogen-bond donors (Lipinski definition) is 1. The molecule has 1 unspecified atom stereocenters. The summed E-state index contributed by atoms with van der Waals surface area (Å²) >= 11 is 1.73. The monoisotopic (exact) mass is 272 g/mol. The smallest absolute Gasteiger partial charge is 0.0897 e. The van der Waals surface area contributed by atoms with E-state index >= 15 is 0 Å². The van der Waals surface area contributed by atoms with Gasteiger partial charge in [0.25, 0.3) is 0 Å². The minimum absolute atomic E-state index is 0.368. The normalized spacial score (nSPS) is 15.5. The fraction of sp³-hybridized carbons (Fsp3) is 0.438. The predicted octanol–water partition coefficient (Wildman–Crippen LogP) is 3.44. The molecule has 0 saturated heterocycles. The molecular formula is C16H20N2S. The number of aryl methyl sites for hydroxylation is 3. The minimum atomic E-state index is 0.368. The van der Waals surface area contributed by atoms with Crippen LogP contribution < -0.4 is 5.32 Å². The van der Waals surface area contributed by atoms with Crippen molar-refractivity contribution in [2.24, 2.45) is 0 Å². The molecule has 1 aliphatic rings. The Hall–Kier alpha value is -1.19. The van der Waals surface area contributed by atoms with Crippen LogP contribution in [0.25, 0.3) is 0 Å². The van der Waals surface area contributed by atoms with Crippen molar-refractivity contribution in [3.63, 3.8) is 0 Å². The molecule has 1 N–H and O–H groups in total. The van der Waals surface area contributed by atoms with Crippen LogP contribution in [0.15, 0.2) is 23.6 Å². The predicted molar refractivity (Wildman–Crippen MR) is 80.8 cm³/mol. The van der Waals surface area contributed by atoms with Crippen LogP contribution >= 0.6 is 11.3 Å². The molecule has 2 aromatic rings. The van der Waals surface area contributed by atoms with Crippen LogP contribution in [0.3, 0.4) is 0 Å². The number of benzene rings is 1. The van der Waals surface area contributed by atoms with Gasteiger partial charge >= 0.3 is 0 Å². The Bertz CT molecular complexity index is 574. The number of fused-ring (bicyclic) bond motifs is 1. The number of thiazole rings is 1. The summed E-state index contributed by atoms with van der Waals surface area (Å²) in [4.78, 5) is 4.57. The number of rotatable bonds is 4. The zero-order chi connectivity index (χ0) is 13.2. The average molecular weight is 272 g/mol. The number of likely N-dealkylation sites (N-methyl/N-ethyl adjacent to an activating group) is 1. The fourth-order valence-electron chi connectivity index (χ4n) is 2.91. The molecular weight excluding hydrogens is 252 g/mol. The lowest BCUT2D eigenvalue weighted by Crippen LogP contribution is -2.19. The van der Waals surface area contributed by atoms with E-state index in [2.05, 4.69) is 40.8 Å². The van der Waals surface area contributed by atoms with E-state index in [1.165, 1.54) is 30.5 Å². The van der Waals surface area contributed by atoms with Crippen molar-refractivity contribution in [1.29, 1.82) is 0 Å². The molecule has 0 amide bonds. The molecule has 0 saturated carbocycles. The summed E-state index contributed by atoms with van der Waals surface area (Å²) in [5.74, 6) is 0. The second-order valence-corrected chi connectivity index (χ2v) is 6.35. The van der Waals surface area contributed by atoms with Crippen molar-refractivity contribution < 1.29 is 0 Å². The summed E-state index contributed by atoms with van der Waals surface area (Å²) < 4.78 is 0. The average Bonchev–Trinajstić information content (AvgIpc) is 3.03. The van der Waals surface area contributed by atoms with Gasteiger partial charge in [0, 0.05) is 17.8 Å². The standard InChI is InChI=1S/C16H20N2S/c1-11-18-15(10-19-11)9-16(17-2)14-7-6-12-4-3-5-13(12)8-14/h6-8,10,16-17H,3-5,9H2,1-2H3. The lowest BCUT2D eigenvalue weighted by molar-refractivity contribution is 0.585. The Morgan fingerprint density at radius 1 is 1.32 bits per heavy atom. The molecule has 1 atom stereocenters. The maximum Gasteiger partial charge on any atom is 0.0897 e. The number of aromatic nitrogens is 1. The molecule has 0 bridgehead atoms. The zero-order valence-corrected chi connectivity index (χ0v) is 12.4. The maximum absolute atomic E-state index is 4.57. The van der Waals surface area contributed by atoms with Gasteiger partial charge in [-0.2, -0.15) is 0 Å². The summed E-state index contributed by atoms with van der Waals surface area (Å²) in [7, 11) is 2.04. The van der Waals surface area contributed by atoms with Gasteiger partial charge in [0.2, 0.25) is 0 Å². The molecule has 1 aromatic carbocycles. The molecule has 1 aliphatic carbocycles. The minimum Gasteiger partial charge on any atom is -0.313 e. The van der Waals surface area contributed by atoms with Gasteiger partial charge in [-0.25, -0.2) is 4.98 Å². The van der Waals surface area contributed by atoms with E-state index in [0.29, 0.717) is 6.04 Å². The Labute approximate surface area is 118 Å². The van der Waals surface area contributed by atoms with E-state index in [0.717, 1.165) is 11.4 Å². The number of hydrogen-bond acceptors (Lipinski definition) is 3. The molecule has 3 heteroatoms. The highest BCUT2D eigenvalue weighted by Crippen LogP contribution is 2.27. The zero-order valence-electron chi connectivity index (χ0n) is 11.6. The van der Waals surface area contributed by atoms with Crippen molar-refractivity contribution in [2.75, 3.05) is 7.05 Å². The Kier molecular flexibility index (Phi) is 3.67. The SMILES string of the molecule is CNC(Cc1csc(C)n1)c1ccc2c(c1)CCC2. The largest absolute Gasteiger partial charge is 0.313 e. The summed E-state index contributed by atoms with van der Waals surface area (Å²) in [6.07, 6.45) is 4.79. The number of nitrogens with one attached hydrogen (secondary N) is 1. The highest BCUT2D eigenvalue weighted by Gasteiger charge is 2.16. The third-order valence-corrected chi connectivity index (χ3v) is 4.78. The van der Waals surface area contributed by atoms with Crippen LogP contribution in [-0.2, 0) is 19.3 Å². The number of nitrogens with zero attached hydrogens (tertiary/aromatic N) is 1. The lowest BCUT2D eigenvalue weighted by atomic mass is 9.98. The van der Waals surface area contributed by atoms with Crippen LogP contribution in [0.2, 0.25) is 0 Å². The van der Waals surface area contributed by atoms with Gasteiger partial charge < -0.3 is 5.32 Å². The quantitative estimate of drug-likeness (QED) is 0.922. The summed E-state index contributed by atoms with van der Waals surface area (Å²) in [5, 5.41) is 6.76. The second kappa shape index (κ2) is 5.43. The Morgan fingerprint density at radius 2 is 2.16 bits per heavy atom. The third-order valence-electron chi connectivity index (χ3n) is 3.95. The molecule has 0 spiro atoms. The van der Waals surface area contributed by atoms with Crippen molar-refractivity contribution in [3.05, 3.63) is 51.0 Å². The van der Waals surface area contributed by atoms with Gasteiger partial charge in [0.1, 0.15) is 0 Å². The van der Waals surface area contributed by atoms with Crippen molar-refractivity contribution in [3.8, 4) is 0 Å². The summed E-state index contributed by atoms with van der Waals surface area (Å²) in [6.45, 7) is 2.07. The van der Waals surface area contributed by atoms with Crippen LogP contribution in [0.1, 0.15) is 39.9 Å². The van der Waals surface area contributed by atoms with Gasteiger partial charge in [-0.15, -0.1) is 11.3 Å². The highest BCUT2D eigenvalue weighted by molar-refractivity contribution is 7.09. The van der Waals surface area contributed by atoms with Crippen LogP contribution in [-0.4, -0.2) is 12.0 Å². The van der Waals surface area contributed by atoms with E-state index in [4.69, 9.17) is 0 Å². The van der Waals surface area contributed by atoms with E-state index in [-0.39, 0.29) is 0 Å². The Balaban J connectivity index is 1.82. The third kappa shape index (κ3) is 2.72. The molecule has 1 heterocycles. The summed E-state index contributed by atoms with van der Waals surface area (Å²) in [5.41, 5.74) is 5.69. The Morgan fingerprint density at radius 3 is 2.89 bits per heavy atom. The first-order valence-electron chi connectivity index (χ1n) is 6.96. The van der Waals surface area contributed by atoms with Gasteiger partial charge in [0.05, 0.1) is 10.7 Å².